The van der Waals surface area contributed by atoms with Crippen LogP contribution in [0.25, 0.3) is 0 Å². The number of hydrogen-bond acceptors (Lipinski definition) is 5. The van der Waals surface area contributed by atoms with Crippen LogP contribution in [0.3, 0.4) is 0 Å². The van der Waals surface area contributed by atoms with Crippen molar-refractivity contribution in [3.63, 3.8) is 0 Å². The van der Waals surface area contributed by atoms with Gasteiger partial charge in [-0.3, -0.25) is 8.98 Å². The van der Waals surface area contributed by atoms with Gasteiger partial charge in [-0.05, 0) is 6.42 Å². The van der Waals surface area contributed by atoms with E-state index >= 15 is 0 Å². The van der Waals surface area contributed by atoms with Gasteiger partial charge in [-0.15, -0.1) is 0 Å². The fourth-order valence-corrected chi connectivity index (χ4v) is 3.07. The minimum absolute atomic E-state index is 0.00958. The summed E-state index contributed by atoms with van der Waals surface area (Å²) >= 11 is 0. The molecule has 0 aliphatic heterocycles. The van der Waals surface area contributed by atoms with Crippen molar-refractivity contribution in [1.29, 1.82) is 0 Å². The van der Waals surface area contributed by atoms with E-state index in [4.69, 9.17) is 4.74 Å². The Morgan fingerprint density at radius 1 is 0.720 bits per heavy atom. The second-order valence-electron chi connectivity index (χ2n) is 6.74. The smallest absolute Gasteiger partial charge is 0.305 e. The summed E-state index contributed by atoms with van der Waals surface area (Å²) in [4.78, 5) is 11.4. The van der Waals surface area contributed by atoms with Gasteiger partial charge in [0, 0.05) is 6.42 Å². The largest absolute Gasteiger partial charge is 0.463 e. The van der Waals surface area contributed by atoms with Crippen LogP contribution in [0.4, 0.5) is 0 Å². The highest BCUT2D eigenvalue weighted by molar-refractivity contribution is 7.85. The van der Waals surface area contributed by atoms with E-state index in [2.05, 4.69) is 11.1 Å². The van der Waals surface area contributed by atoms with Crippen LogP contribution in [0, 0.1) is 0 Å². The Labute approximate surface area is 155 Å². The molecule has 0 aliphatic rings. The van der Waals surface area contributed by atoms with Crippen LogP contribution >= 0.6 is 0 Å². The SMILES string of the molecule is CCCCCCCCCCCCCCCC(=O)OCCOS(C)(=O)=O. The minimum atomic E-state index is -3.45. The summed E-state index contributed by atoms with van der Waals surface area (Å²) in [6, 6.07) is 0. The lowest BCUT2D eigenvalue weighted by Gasteiger charge is -2.05. The van der Waals surface area contributed by atoms with Crippen LogP contribution in [0.2, 0.25) is 0 Å². The van der Waals surface area contributed by atoms with E-state index in [1.54, 1.807) is 0 Å². The molecule has 0 rings (SSSR count). The first kappa shape index (κ1) is 24.4. The molecule has 5 nitrogen and oxygen atoms in total. The highest BCUT2D eigenvalue weighted by Crippen LogP contribution is 2.13. The molecule has 0 bridgehead atoms. The van der Waals surface area contributed by atoms with Crippen molar-refractivity contribution in [2.45, 2.75) is 96.8 Å². The Balaban J connectivity index is 3.21. The van der Waals surface area contributed by atoms with Crippen LogP contribution < -0.4 is 0 Å². The van der Waals surface area contributed by atoms with Gasteiger partial charge in [0.25, 0.3) is 10.1 Å². The first-order valence-electron chi connectivity index (χ1n) is 9.95. The van der Waals surface area contributed by atoms with E-state index in [9.17, 15) is 13.2 Å². The zero-order chi connectivity index (χ0) is 18.8. The lowest BCUT2D eigenvalue weighted by Crippen LogP contribution is -2.13. The van der Waals surface area contributed by atoms with Gasteiger partial charge in [-0.2, -0.15) is 8.42 Å². The molecule has 0 aliphatic carbocycles. The quantitative estimate of drug-likeness (QED) is 0.191. The molecule has 0 saturated heterocycles. The number of carbonyl (C=O) groups is 1. The van der Waals surface area contributed by atoms with Crippen LogP contribution in [-0.2, 0) is 23.8 Å². The number of ether oxygens (including phenoxy) is 1. The summed E-state index contributed by atoms with van der Waals surface area (Å²) in [5.41, 5.74) is 0. The summed E-state index contributed by atoms with van der Waals surface area (Å²) < 4.78 is 30.9. The summed E-state index contributed by atoms with van der Waals surface area (Å²) in [6.07, 6.45) is 17.9. The van der Waals surface area contributed by atoms with Crippen LogP contribution in [-0.4, -0.2) is 33.9 Å². The average Bonchev–Trinajstić information content (AvgIpc) is 2.55. The number of esters is 1. The third kappa shape index (κ3) is 21.3. The van der Waals surface area contributed by atoms with Crippen LogP contribution in [0.1, 0.15) is 96.8 Å². The molecule has 0 fully saturated rings. The predicted octanol–water partition coefficient (Wildman–Crippen LogP) is 4.99. The Bertz CT molecular complexity index is 406. The van der Waals surface area contributed by atoms with E-state index in [-0.39, 0.29) is 19.2 Å². The van der Waals surface area contributed by atoms with E-state index in [1.807, 2.05) is 0 Å². The Morgan fingerprint density at radius 3 is 1.60 bits per heavy atom. The molecule has 0 saturated carbocycles. The number of rotatable bonds is 18. The molecule has 0 aromatic rings. The van der Waals surface area contributed by atoms with Gasteiger partial charge in [-0.25, -0.2) is 0 Å². The molecule has 0 atom stereocenters. The van der Waals surface area contributed by atoms with Gasteiger partial charge in [0.05, 0.1) is 6.26 Å². The molecule has 150 valence electrons. The number of carbonyl (C=O) groups excluding carboxylic acids is 1. The molecule has 0 amide bonds. The molecular formula is C19H38O5S. The van der Waals surface area contributed by atoms with Crippen molar-refractivity contribution in [3.05, 3.63) is 0 Å². The first-order valence-corrected chi connectivity index (χ1v) is 11.8. The lowest BCUT2D eigenvalue weighted by atomic mass is 10.0. The highest BCUT2D eigenvalue weighted by Gasteiger charge is 2.05. The fraction of sp³-hybridized carbons (Fsp3) is 0.947. The maximum absolute atomic E-state index is 11.4. The molecule has 6 heteroatoms. The predicted molar refractivity (Wildman–Crippen MR) is 102 cm³/mol. The zero-order valence-corrected chi connectivity index (χ0v) is 17.1. The first-order chi connectivity index (χ1) is 12.0. The highest BCUT2D eigenvalue weighted by atomic mass is 32.2. The van der Waals surface area contributed by atoms with Gasteiger partial charge < -0.3 is 4.74 Å². The Kier molecular flexibility index (Phi) is 16.4. The van der Waals surface area contributed by atoms with Crippen molar-refractivity contribution in [1.82, 2.24) is 0 Å². The van der Waals surface area contributed by atoms with E-state index in [0.29, 0.717) is 6.42 Å². The van der Waals surface area contributed by atoms with Crippen molar-refractivity contribution >= 4 is 16.1 Å². The molecule has 25 heavy (non-hydrogen) atoms. The topological polar surface area (TPSA) is 69.7 Å². The summed E-state index contributed by atoms with van der Waals surface area (Å²) in [5.74, 6) is -0.278. The Morgan fingerprint density at radius 2 is 1.16 bits per heavy atom. The zero-order valence-electron chi connectivity index (χ0n) is 16.3. The maximum atomic E-state index is 11.4. The van der Waals surface area contributed by atoms with Gasteiger partial charge in [0.1, 0.15) is 13.2 Å². The summed E-state index contributed by atoms with van der Waals surface area (Å²) in [5, 5.41) is 0. The molecule has 0 spiro atoms. The normalized spacial score (nSPS) is 11.6. The lowest BCUT2D eigenvalue weighted by molar-refractivity contribution is -0.144. The van der Waals surface area contributed by atoms with Gasteiger partial charge in [0.2, 0.25) is 0 Å². The van der Waals surface area contributed by atoms with E-state index in [0.717, 1.165) is 19.1 Å². The van der Waals surface area contributed by atoms with E-state index < -0.39 is 10.1 Å². The molecule has 0 unspecified atom stereocenters. The van der Waals surface area contributed by atoms with Gasteiger partial charge >= 0.3 is 5.97 Å². The third-order valence-corrected chi connectivity index (χ3v) is 4.72. The van der Waals surface area contributed by atoms with Crippen LogP contribution in [0.5, 0.6) is 0 Å². The summed E-state index contributed by atoms with van der Waals surface area (Å²) in [6.45, 7) is 2.13. The number of unbranched alkanes of at least 4 members (excludes halogenated alkanes) is 12. The maximum Gasteiger partial charge on any atom is 0.305 e. The minimum Gasteiger partial charge on any atom is -0.463 e. The second kappa shape index (κ2) is 16.8. The molecule has 0 N–H and O–H groups in total. The van der Waals surface area contributed by atoms with Crippen molar-refractivity contribution < 1.29 is 22.1 Å². The molecule has 0 heterocycles. The molecule has 0 radical (unpaired) electrons. The van der Waals surface area contributed by atoms with Gasteiger partial charge in [0.15, 0.2) is 0 Å². The molecule has 0 aromatic carbocycles. The Hall–Kier alpha value is -0.620. The fourth-order valence-electron chi connectivity index (χ4n) is 2.70. The average molecular weight is 379 g/mol. The van der Waals surface area contributed by atoms with Crippen LogP contribution in [0.15, 0.2) is 0 Å². The number of hydrogen-bond donors (Lipinski definition) is 0. The van der Waals surface area contributed by atoms with Gasteiger partial charge in [-0.1, -0.05) is 84.0 Å². The standard InChI is InChI=1S/C19H38O5S/c1-3-4-5-6-7-8-9-10-11-12-13-14-15-16-19(20)23-17-18-24-25(2,21)22/h3-18H2,1-2H3. The second-order valence-corrected chi connectivity index (χ2v) is 8.38. The van der Waals surface area contributed by atoms with Crippen molar-refractivity contribution in [3.8, 4) is 0 Å². The van der Waals surface area contributed by atoms with Crippen molar-refractivity contribution in [2.75, 3.05) is 19.5 Å². The third-order valence-electron chi connectivity index (χ3n) is 4.13. The molecular weight excluding hydrogens is 340 g/mol. The molecule has 0 aromatic heterocycles. The van der Waals surface area contributed by atoms with Crippen molar-refractivity contribution in [2.24, 2.45) is 0 Å². The summed E-state index contributed by atoms with van der Waals surface area (Å²) in [7, 11) is -3.45. The monoisotopic (exact) mass is 378 g/mol. The van der Waals surface area contributed by atoms with E-state index in [1.165, 1.54) is 70.6 Å².